The second-order valence-electron chi connectivity index (χ2n) is 4.62. The van der Waals surface area contributed by atoms with Gasteiger partial charge in [-0.2, -0.15) is 83.4 Å². The van der Waals surface area contributed by atoms with Crippen molar-refractivity contribution in [3.8, 4) is 0 Å². The van der Waals surface area contributed by atoms with Crippen LogP contribution >= 0.6 is 0 Å². The van der Waals surface area contributed by atoms with Crippen LogP contribution in [0.3, 0.4) is 0 Å². The van der Waals surface area contributed by atoms with E-state index in [9.17, 15) is 83.4 Å². The zero-order valence-corrected chi connectivity index (χ0v) is 12.5. The van der Waals surface area contributed by atoms with Crippen molar-refractivity contribution in [1.29, 1.82) is 0 Å². The van der Waals surface area contributed by atoms with E-state index in [1.165, 1.54) is 0 Å². The highest BCUT2D eigenvalue weighted by Crippen LogP contribution is 2.57. The number of allylic oxidation sites excluding steroid dienone is 1. The molecule has 0 atom stereocenters. The van der Waals surface area contributed by atoms with Crippen molar-refractivity contribution >= 4 is 0 Å². The van der Waals surface area contributed by atoms with Gasteiger partial charge in [0, 0.05) is 0 Å². The van der Waals surface area contributed by atoms with Crippen molar-refractivity contribution in [3.63, 3.8) is 0 Å². The minimum atomic E-state index is -7.66. The molecule has 0 aliphatic carbocycles. The average Bonchev–Trinajstić information content (AvgIpc) is 2.43. The normalized spacial score (nSPS) is 15.6. The molecule has 0 amide bonds. The molecule has 0 nitrogen and oxygen atoms in total. The Morgan fingerprint density at radius 2 is 0.552 bits per heavy atom. The third-order valence-electron chi connectivity index (χ3n) is 2.53. The Balaban J connectivity index is 0. The van der Waals surface area contributed by atoms with Crippen molar-refractivity contribution in [1.82, 2.24) is 0 Å². The summed E-state index contributed by atoms with van der Waals surface area (Å²) in [7, 11) is 0. The van der Waals surface area contributed by atoms with Gasteiger partial charge in [-0.15, -0.1) is 0 Å². The second kappa shape index (κ2) is 7.59. The van der Waals surface area contributed by atoms with E-state index in [0.717, 1.165) is 0 Å². The quantitative estimate of drug-likeness (QED) is 0.297. The van der Waals surface area contributed by atoms with Gasteiger partial charge in [0.2, 0.25) is 0 Å². The van der Waals surface area contributed by atoms with Gasteiger partial charge in [0.15, 0.2) is 0 Å². The summed E-state index contributed by atoms with van der Waals surface area (Å²) in [6.07, 6.45) is -21.5. The maximum Gasteiger partial charge on any atom is 0.460 e. The first-order valence-corrected chi connectivity index (χ1v) is 5.79. The fourth-order valence-corrected chi connectivity index (χ4v) is 0.870. The number of alkyl halides is 19. The molecule has 19 heteroatoms. The summed E-state index contributed by atoms with van der Waals surface area (Å²) in [5.41, 5.74) is 0. The van der Waals surface area contributed by atoms with Crippen LogP contribution in [-0.2, 0) is 0 Å². The molecule has 29 heavy (non-hydrogen) atoms. The highest BCUT2D eigenvalue weighted by Gasteiger charge is 2.88. The molecule has 0 rings (SSSR count). The van der Waals surface area contributed by atoms with Gasteiger partial charge < -0.3 is 0 Å². The van der Waals surface area contributed by atoms with Crippen molar-refractivity contribution in [2.75, 3.05) is 0 Å². The lowest BCUT2D eigenvalue weighted by molar-refractivity contribution is -0.438. The summed E-state index contributed by atoms with van der Waals surface area (Å²) in [6.45, 7) is 2.18. The van der Waals surface area contributed by atoms with Crippen molar-refractivity contribution in [2.24, 2.45) is 0 Å². The Bertz CT molecular complexity index is 527. The Labute approximate surface area is 145 Å². The highest BCUT2D eigenvalue weighted by molar-refractivity contribution is 5.03. The lowest BCUT2D eigenvalue weighted by atomic mass is 10.0. The van der Waals surface area contributed by atoms with Crippen molar-refractivity contribution < 1.29 is 83.4 Å². The maximum absolute atomic E-state index is 12.0. The average molecular weight is 484 g/mol. The molecule has 0 fully saturated rings. The number of halogens is 19. The molecule has 0 spiro atoms. The monoisotopic (exact) mass is 484 g/mol. The maximum atomic E-state index is 12.0. The third-order valence-corrected chi connectivity index (χ3v) is 2.53. The Kier molecular flexibility index (Phi) is 7.75. The van der Waals surface area contributed by atoms with Crippen LogP contribution in [0.1, 0.15) is 0 Å². The molecule has 176 valence electrons. The number of hydrogen-bond acceptors (Lipinski definition) is 0. The molecule has 0 aromatic rings. The summed E-state index contributed by atoms with van der Waals surface area (Å²) in [5, 5.41) is 0. The van der Waals surface area contributed by atoms with Crippen LogP contribution in [-0.4, -0.2) is 48.1 Å². The largest absolute Gasteiger partial charge is 0.460 e. The Morgan fingerprint density at radius 1 is 0.345 bits per heavy atom. The minimum Gasteiger partial charge on any atom is -0.195 e. The SMILES string of the molecule is C=CC(F)(F)C(F)(F)C(F)(F)F.FC(F)(F)C(F)(F)C(F)(F)C(F)(F)C(F)(F)F. The third kappa shape index (κ3) is 5.13. The van der Waals surface area contributed by atoms with Gasteiger partial charge in [0.05, 0.1) is 0 Å². The fraction of sp³-hybridized carbons (Fsp3) is 0.800. The number of rotatable bonds is 4. The van der Waals surface area contributed by atoms with E-state index < -0.39 is 54.2 Å². The molecule has 0 radical (unpaired) electrons. The van der Waals surface area contributed by atoms with Crippen LogP contribution in [0.2, 0.25) is 0 Å². The smallest absolute Gasteiger partial charge is 0.195 e. The topological polar surface area (TPSA) is 0 Å². The molecule has 0 aliphatic heterocycles. The lowest BCUT2D eigenvalue weighted by Gasteiger charge is -2.34. The van der Waals surface area contributed by atoms with Gasteiger partial charge in [-0.1, -0.05) is 6.58 Å². The lowest BCUT2D eigenvalue weighted by Crippen LogP contribution is -2.65. The second-order valence-corrected chi connectivity index (χ2v) is 4.62. The molecule has 0 heterocycles. The first-order valence-electron chi connectivity index (χ1n) is 5.79. The molecule has 0 aliphatic rings. The van der Waals surface area contributed by atoms with Crippen LogP contribution in [0.25, 0.3) is 0 Å². The summed E-state index contributed by atoms with van der Waals surface area (Å²) >= 11 is 0. The molecule has 0 aromatic carbocycles. The minimum absolute atomic E-state index is 0.736. The van der Waals surface area contributed by atoms with Crippen LogP contribution in [0.15, 0.2) is 12.7 Å². The molecular weight excluding hydrogens is 481 g/mol. The van der Waals surface area contributed by atoms with Crippen LogP contribution in [0, 0.1) is 0 Å². The van der Waals surface area contributed by atoms with E-state index in [0.29, 0.717) is 0 Å². The highest BCUT2D eigenvalue weighted by atomic mass is 19.4. The van der Waals surface area contributed by atoms with Gasteiger partial charge in [-0.3, -0.25) is 0 Å². The molecular formula is C10H3F19. The molecule has 0 saturated carbocycles. The first kappa shape index (κ1) is 29.6. The fourth-order valence-electron chi connectivity index (χ4n) is 0.870. The summed E-state index contributed by atoms with van der Waals surface area (Å²) < 4.78 is 220. The predicted octanol–water partition coefficient (Wildman–Crippen LogP) is 7.02. The Hall–Kier alpha value is -1.59. The van der Waals surface area contributed by atoms with Crippen LogP contribution < -0.4 is 0 Å². The van der Waals surface area contributed by atoms with E-state index in [-0.39, 0.29) is 0 Å². The Morgan fingerprint density at radius 3 is 0.655 bits per heavy atom. The van der Waals surface area contributed by atoms with E-state index in [4.69, 9.17) is 0 Å². The zero-order valence-electron chi connectivity index (χ0n) is 12.5. The molecule has 0 unspecified atom stereocenters. The van der Waals surface area contributed by atoms with Crippen molar-refractivity contribution in [3.05, 3.63) is 12.7 Å². The zero-order chi connectivity index (χ0) is 24.7. The van der Waals surface area contributed by atoms with Gasteiger partial charge in [-0.05, 0) is 6.08 Å². The van der Waals surface area contributed by atoms with E-state index in [1.54, 1.807) is 0 Å². The first-order chi connectivity index (χ1) is 12.1. The molecule has 0 saturated heterocycles. The van der Waals surface area contributed by atoms with Gasteiger partial charge in [0.25, 0.3) is 0 Å². The van der Waals surface area contributed by atoms with E-state index in [1.807, 2.05) is 0 Å². The van der Waals surface area contributed by atoms with E-state index in [2.05, 4.69) is 6.58 Å². The van der Waals surface area contributed by atoms with Gasteiger partial charge >= 0.3 is 48.1 Å². The summed E-state index contributed by atoms with van der Waals surface area (Å²) in [5.74, 6) is -34.1. The van der Waals surface area contributed by atoms with E-state index >= 15 is 0 Å². The van der Waals surface area contributed by atoms with Gasteiger partial charge in [0.1, 0.15) is 0 Å². The molecule has 0 aromatic heterocycles. The van der Waals surface area contributed by atoms with Crippen molar-refractivity contribution in [2.45, 2.75) is 48.1 Å². The molecule has 0 bridgehead atoms. The van der Waals surface area contributed by atoms with Crippen LogP contribution in [0.4, 0.5) is 83.4 Å². The number of hydrogen-bond donors (Lipinski definition) is 0. The summed E-state index contributed by atoms with van der Waals surface area (Å²) in [6, 6.07) is 0. The molecule has 0 N–H and O–H groups in total. The predicted molar refractivity (Wildman–Crippen MR) is 53.1 cm³/mol. The standard InChI is InChI=1S/C5F12.C5H3F7/c6-1(7,2(8,9)4(12,13)14)3(10,11)5(15,16)17;1-2-3(6,7)4(8,9)5(10,11)12/h;2H,1H2. The summed E-state index contributed by atoms with van der Waals surface area (Å²) in [4.78, 5) is 0. The van der Waals surface area contributed by atoms with Crippen LogP contribution in [0.5, 0.6) is 0 Å². The van der Waals surface area contributed by atoms with Gasteiger partial charge in [-0.25, -0.2) is 0 Å².